The maximum Gasteiger partial charge on any atom is 0.252 e. The Hall–Kier alpha value is -0.870. The number of methoxy groups -OCH3 is 1. The summed E-state index contributed by atoms with van der Waals surface area (Å²) in [5.41, 5.74) is 0. The highest BCUT2D eigenvalue weighted by atomic mass is 16.5. The van der Waals surface area contributed by atoms with Gasteiger partial charge in [-0.1, -0.05) is 6.08 Å². The number of carbonyl (C=O) groups is 1. The fourth-order valence-corrected chi connectivity index (χ4v) is 1.44. The first-order valence-corrected chi connectivity index (χ1v) is 4.79. The van der Waals surface area contributed by atoms with E-state index in [4.69, 9.17) is 9.47 Å². The van der Waals surface area contributed by atoms with E-state index < -0.39 is 0 Å². The molecule has 1 aliphatic heterocycles. The molecule has 4 heteroatoms. The third kappa shape index (κ3) is 2.82. The number of amides is 1. The Balaban J connectivity index is 2.47. The van der Waals surface area contributed by atoms with Gasteiger partial charge < -0.3 is 14.4 Å². The van der Waals surface area contributed by atoms with Crippen molar-refractivity contribution < 1.29 is 14.3 Å². The van der Waals surface area contributed by atoms with Gasteiger partial charge in [-0.3, -0.25) is 4.79 Å². The van der Waals surface area contributed by atoms with E-state index in [0.29, 0.717) is 32.7 Å². The zero-order valence-electron chi connectivity index (χ0n) is 8.57. The summed E-state index contributed by atoms with van der Waals surface area (Å²) in [7, 11) is 1.55. The van der Waals surface area contributed by atoms with Crippen molar-refractivity contribution in [1.82, 2.24) is 4.90 Å². The van der Waals surface area contributed by atoms with E-state index in [2.05, 4.69) is 6.58 Å². The second-order valence-corrected chi connectivity index (χ2v) is 3.19. The lowest BCUT2D eigenvalue weighted by Gasteiger charge is -2.29. The summed E-state index contributed by atoms with van der Waals surface area (Å²) in [6.45, 7) is 6.17. The average Bonchev–Trinajstić information content (AvgIpc) is 2.26. The Labute approximate surface area is 84.5 Å². The third-order valence-electron chi connectivity index (χ3n) is 2.26. The number of nitrogens with zero attached hydrogens (tertiary/aromatic N) is 1. The normalized spacial score (nSPS) is 19.1. The van der Waals surface area contributed by atoms with Crippen molar-refractivity contribution in [2.45, 2.75) is 12.5 Å². The molecule has 0 N–H and O–H groups in total. The van der Waals surface area contributed by atoms with Crippen LogP contribution >= 0.6 is 0 Å². The molecule has 0 radical (unpaired) electrons. The van der Waals surface area contributed by atoms with Crippen LogP contribution in [0.4, 0.5) is 0 Å². The van der Waals surface area contributed by atoms with E-state index >= 15 is 0 Å². The summed E-state index contributed by atoms with van der Waals surface area (Å²) in [5, 5.41) is 0. The van der Waals surface area contributed by atoms with Crippen LogP contribution in [0.5, 0.6) is 0 Å². The van der Waals surface area contributed by atoms with Crippen molar-refractivity contribution in [1.29, 1.82) is 0 Å². The highest BCUT2D eigenvalue weighted by molar-refractivity contribution is 5.81. The summed E-state index contributed by atoms with van der Waals surface area (Å²) in [5.74, 6) is 0.0377. The lowest BCUT2D eigenvalue weighted by Crippen LogP contribution is -2.46. The molecule has 14 heavy (non-hydrogen) atoms. The van der Waals surface area contributed by atoms with Gasteiger partial charge in [-0.15, -0.1) is 6.58 Å². The molecule has 1 aliphatic rings. The number of carbonyl (C=O) groups excluding carboxylic acids is 1. The molecule has 80 valence electrons. The molecule has 0 aliphatic carbocycles. The smallest absolute Gasteiger partial charge is 0.252 e. The van der Waals surface area contributed by atoms with Gasteiger partial charge in [0.25, 0.3) is 5.91 Å². The van der Waals surface area contributed by atoms with E-state index in [0.717, 1.165) is 0 Å². The second-order valence-electron chi connectivity index (χ2n) is 3.19. The first-order chi connectivity index (χ1) is 6.79. The first-order valence-electron chi connectivity index (χ1n) is 4.79. The molecule has 0 saturated carbocycles. The van der Waals surface area contributed by atoms with Crippen molar-refractivity contribution in [2.24, 2.45) is 0 Å². The summed E-state index contributed by atoms with van der Waals surface area (Å²) in [4.78, 5) is 13.6. The SMILES string of the molecule is C=CC[C@H](OC)C(=O)N1CCOCC1. The first kappa shape index (κ1) is 11.2. The number of morpholine rings is 1. The van der Waals surface area contributed by atoms with Crippen LogP contribution in [0.25, 0.3) is 0 Å². The van der Waals surface area contributed by atoms with Crippen LogP contribution in [-0.4, -0.2) is 50.3 Å². The molecular formula is C10H17NO3. The van der Waals surface area contributed by atoms with E-state index in [9.17, 15) is 4.79 Å². The standard InChI is InChI=1S/C10H17NO3/c1-3-4-9(13-2)10(12)11-5-7-14-8-6-11/h3,9H,1,4-8H2,2H3/t9-/m0/s1. The minimum Gasteiger partial charge on any atom is -0.378 e. The quantitative estimate of drug-likeness (QED) is 0.616. The van der Waals surface area contributed by atoms with Gasteiger partial charge in [0.05, 0.1) is 13.2 Å². The Kier molecular flexibility index (Phi) is 4.62. The zero-order valence-corrected chi connectivity index (χ0v) is 8.57. The monoisotopic (exact) mass is 199 g/mol. The van der Waals surface area contributed by atoms with E-state index in [1.165, 1.54) is 0 Å². The number of hydrogen-bond donors (Lipinski definition) is 0. The molecule has 1 saturated heterocycles. The van der Waals surface area contributed by atoms with E-state index in [1.807, 2.05) is 0 Å². The Morgan fingerprint density at radius 2 is 2.29 bits per heavy atom. The molecule has 0 aromatic rings. The lowest BCUT2D eigenvalue weighted by molar-refractivity contribution is -0.145. The molecule has 1 fully saturated rings. The summed E-state index contributed by atoms with van der Waals surface area (Å²) in [6.07, 6.45) is 1.88. The maximum atomic E-state index is 11.8. The molecule has 1 amide bonds. The second kappa shape index (κ2) is 5.78. The molecular weight excluding hydrogens is 182 g/mol. The third-order valence-corrected chi connectivity index (χ3v) is 2.26. The van der Waals surface area contributed by atoms with E-state index in [-0.39, 0.29) is 12.0 Å². The van der Waals surface area contributed by atoms with Crippen molar-refractivity contribution in [3.05, 3.63) is 12.7 Å². The number of rotatable bonds is 4. The predicted octanol–water partition coefficient (Wildman–Crippen LogP) is 0.436. The molecule has 0 spiro atoms. The van der Waals surface area contributed by atoms with Crippen molar-refractivity contribution >= 4 is 5.91 Å². The molecule has 1 heterocycles. The average molecular weight is 199 g/mol. The van der Waals surface area contributed by atoms with Gasteiger partial charge >= 0.3 is 0 Å². The molecule has 0 unspecified atom stereocenters. The minimum absolute atomic E-state index is 0.0377. The fraction of sp³-hybridized carbons (Fsp3) is 0.700. The van der Waals surface area contributed by atoms with Gasteiger partial charge in [0.15, 0.2) is 0 Å². The minimum atomic E-state index is -0.384. The van der Waals surface area contributed by atoms with Gasteiger partial charge in [0.2, 0.25) is 0 Å². The van der Waals surface area contributed by atoms with Crippen molar-refractivity contribution in [3.8, 4) is 0 Å². The van der Waals surface area contributed by atoms with Crippen LogP contribution in [0.2, 0.25) is 0 Å². The Morgan fingerprint density at radius 1 is 1.64 bits per heavy atom. The molecule has 4 nitrogen and oxygen atoms in total. The van der Waals surface area contributed by atoms with Crippen LogP contribution in [0.3, 0.4) is 0 Å². The van der Waals surface area contributed by atoms with Gasteiger partial charge in [-0.2, -0.15) is 0 Å². The summed E-state index contributed by atoms with van der Waals surface area (Å²) >= 11 is 0. The number of ether oxygens (including phenoxy) is 2. The lowest BCUT2D eigenvalue weighted by atomic mass is 10.2. The molecule has 0 bridgehead atoms. The maximum absolute atomic E-state index is 11.8. The summed E-state index contributed by atoms with van der Waals surface area (Å²) < 4.78 is 10.3. The van der Waals surface area contributed by atoms with Gasteiger partial charge in [0.1, 0.15) is 6.10 Å². The van der Waals surface area contributed by atoms with Gasteiger partial charge in [-0.05, 0) is 0 Å². The van der Waals surface area contributed by atoms with E-state index in [1.54, 1.807) is 18.1 Å². The fourth-order valence-electron chi connectivity index (χ4n) is 1.44. The molecule has 0 aromatic heterocycles. The van der Waals surface area contributed by atoms with Crippen LogP contribution in [-0.2, 0) is 14.3 Å². The van der Waals surface area contributed by atoms with Gasteiger partial charge in [0, 0.05) is 26.6 Å². The molecule has 1 rings (SSSR count). The van der Waals surface area contributed by atoms with Crippen LogP contribution < -0.4 is 0 Å². The largest absolute Gasteiger partial charge is 0.378 e. The summed E-state index contributed by atoms with van der Waals surface area (Å²) in [6, 6.07) is 0. The Morgan fingerprint density at radius 3 is 2.79 bits per heavy atom. The Bertz CT molecular complexity index is 200. The predicted molar refractivity (Wildman–Crippen MR) is 53.0 cm³/mol. The zero-order chi connectivity index (χ0) is 10.4. The van der Waals surface area contributed by atoms with Crippen molar-refractivity contribution in [3.63, 3.8) is 0 Å². The molecule has 1 atom stereocenters. The topological polar surface area (TPSA) is 38.8 Å². The van der Waals surface area contributed by atoms with Crippen LogP contribution in [0.15, 0.2) is 12.7 Å². The highest BCUT2D eigenvalue weighted by Crippen LogP contribution is 2.06. The number of hydrogen-bond acceptors (Lipinski definition) is 3. The highest BCUT2D eigenvalue weighted by Gasteiger charge is 2.24. The molecule has 0 aromatic carbocycles. The van der Waals surface area contributed by atoms with Crippen molar-refractivity contribution in [2.75, 3.05) is 33.4 Å². The van der Waals surface area contributed by atoms with Gasteiger partial charge in [-0.25, -0.2) is 0 Å². The van der Waals surface area contributed by atoms with Crippen LogP contribution in [0, 0.1) is 0 Å². The van der Waals surface area contributed by atoms with Crippen LogP contribution in [0.1, 0.15) is 6.42 Å².